The van der Waals surface area contributed by atoms with Crippen LogP contribution in [0, 0.1) is 0 Å². The Hall–Kier alpha value is -3.12. The molecular weight excluding hydrogens is 342 g/mol. The Bertz CT molecular complexity index is 979. The zero-order valence-corrected chi connectivity index (χ0v) is 15.1. The number of methoxy groups -OCH3 is 1. The lowest BCUT2D eigenvalue weighted by Gasteiger charge is -2.10. The summed E-state index contributed by atoms with van der Waals surface area (Å²) in [6.45, 7) is 1.45. The highest BCUT2D eigenvalue weighted by Crippen LogP contribution is 2.22. The van der Waals surface area contributed by atoms with Crippen molar-refractivity contribution in [1.29, 1.82) is 0 Å². The first-order chi connectivity index (χ1) is 13.2. The van der Waals surface area contributed by atoms with Crippen LogP contribution in [0.3, 0.4) is 0 Å². The predicted octanol–water partition coefficient (Wildman–Crippen LogP) is 3.42. The third-order valence-corrected chi connectivity index (χ3v) is 4.64. The van der Waals surface area contributed by atoms with Crippen molar-refractivity contribution in [3.8, 4) is 0 Å². The van der Waals surface area contributed by atoms with E-state index in [4.69, 9.17) is 9.57 Å². The fraction of sp³-hybridized carbons (Fsp3) is 0.238. The predicted molar refractivity (Wildman–Crippen MR) is 105 cm³/mol. The molecule has 1 N–H and O–H groups in total. The molecule has 0 spiro atoms. The molecule has 2 aromatic carbocycles. The van der Waals surface area contributed by atoms with Crippen molar-refractivity contribution >= 4 is 28.2 Å². The molecule has 138 valence electrons. The minimum absolute atomic E-state index is 0.192. The molecule has 6 nitrogen and oxygen atoms in total. The number of ether oxygens (including phenoxy) is 1. The highest BCUT2D eigenvalue weighted by Gasteiger charge is 2.28. The molecule has 1 aliphatic rings. The number of nitrogens with zero attached hydrogens (tertiary/aromatic N) is 2. The highest BCUT2D eigenvalue weighted by atomic mass is 16.6. The molecule has 0 unspecified atom stereocenters. The minimum Gasteiger partial charge on any atom is -0.383 e. The smallest absolute Gasteiger partial charge is 0.268 e. The summed E-state index contributed by atoms with van der Waals surface area (Å²) in [5, 5.41) is 8.07. The van der Waals surface area contributed by atoms with Crippen LogP contribution in [0.15, 0.2) is 65.9 Å². The summed E-state index contributed by atoms with van der Waals surface area (Å²) in [7, 11) is 1.69. The van der Waals surface area contributed by atoms with Crippen LogP contribution < -0.4 is 5.32 Å². The van der Waals surface area contributed by atoms with Gasteiger partial charge in [-0.15, -0.1) is 0 Å². The van der Waals surface area contributed by atoms with E-state index in [2.05, 4.69) is 15.0 Å². The van der Waals surface area contributed by atoms with E-state index < -0.39 is 6.10 Å². The molecule has 3 aromatic rings. The van der Waals surface area contributed by atoms with Gasteiger partial charge in [0, 0.05) is 42.9 Å². The van der Waals surface area contributed by atoms with Crippen molar-refractivity contribution in [2.24, 2.45) is 5.16 Å². The van der Waals surface area contributed by atoms with E-state index in [0.717, 1.165) is 34.4 Å². The molecule has 4 rings (SSSR count). The molecule has 0 radical (unpaired) electrons. The summed E-state index contributed by atoms with van der Waals surface area (Å²) >= 11 is 0. The molecule has 0 aliphatic carbocycles. The molecule has 0 saturated heterocycles. The average Bonchev–Trinajstić information content (AvgIpc) is 3.34. The van der Waals surface area contributed by atoms with Gasteiger partial charge in [0.05, 0.1) is 12.3 Å². The molecule has 2 heterocycles. The van der Waals surface area contributed by atoms with E-state index in [1.165, 1.54) is 0 Å². The number of hydrogen-bond acceptors (Lipinski definition) is 4. The van der Waals surface area contributed by atoms with Gasteiger partial charge < -0.3 is 19.5 Å². The fourth-order valence-corrected chi connectivity index (χ4v) is 3.20. The Morgan fingerprint density at radius 3 is 2.93 bits per heavy atom. The average molecular weight is 363 g/mol. The molecule has 1 amide bonds. The van der Waals surface area contributed by atoms with E-state index in [1.807, 2.05) is 60.8 Å². The maximum atomic E-state index is 12.5. The van der Waals surface area contributed by atoms with Gasteiger partial charge in [0.2, 0.25) is 6.10 Å². The lowest BCUT2D eigenvalue weighted by atomic mass is 10.0. The van der Waals surface area contributed by atoms with Crippen LogP contribution >= 0.6 is 0 Å². The first kappa shape index (κ1) is 17.3. The van der Waals surface area contributed by atoms with Crippen LogP contribution in [0.4, 0.5) is 5.69 Å². The standard InChI is InChI=1S/C21H21N3O3/c1-26-12-11-24-10-9-16-13-17(7-8-19(16)24)22-21(25)20-14-18(23-27-20)15-5-3-2-4-6-15/h2-10,13,20H,11-12,14H2,1H3,(H,22,25)/t20-/m1/s1. The second-order valence-electron chi connectivity index (χ2n) is 6.47. The summed E-state index contributed by atoms with van der Waals surface area (Å²) < 4.78 is 7.26. The number of nitrogens with one attached hydrogen (secondary N) is 1. The first-order valence-electron chi connectivity index (χ1n) is 8.91. The van der Waals surface area contributed by atoms with Crippen molar-refractivity contribution in [2.45, 2.75) is 19.1 Å². The third kappa shape index (κ3) is 3.71. The molecule has 0 fully saturated rings. The number of aromatic nitrogens is 1. The molecule has 1 atom stereocenters. The van der Waals surface area contributed by atoms with Gasteiger partial charge in [0.15, 0.2) is 0 Å². The first-order valence-corrected chi connectivity index (χ1v) is 8.91. The van der Waals surface area contributed by atoms with Gasteiger partial charge in [-0.05, 0) is 29.8 Å². The normalized spacial score (nSPS) is 16.2. The largest absolute Gasteiger partial charge is 0.383 e. The summed E-state index contributed by atoms with van der Waals surface area (Å²) in [4.78, 5) is 17.9. The summed E-state index contributed by atoms with van der Waals surface area (Å²) in [6, 6.07) is 17.7. The Morgan fingerprint density at radius 2 is 2.11 bits per heavy atom. The number of carbonyl (C=O) groups excluding carboxylic acids is 1. The quantitative estimate of drug-likeness (QED) is 0.730. The van der Waals surface area contributed by atoms with Crippen molar-refractivity contribution in [3.63, 3.8) is 0 Å². The molecule has 0 saturated carbocycles. The number of hydrogen-bond donors (Lipinski definition) is 1. The summed E-state index contributed by atoms with van der Waals surface area (Å²) in [5.41, 5.74) is 3.62. The van der Waals surface area contributed by atoms with Crippen LogP contribution in [0.1, 0.15) is 12.0 Å². The van der Waals surface area contributed by atoms with Crippen molar-refractivity contribution in [2.75, 3.05) is 19.0 Å². The zero-order chi connectivity index (χ0) is 18.6. The molecular formula is C21H21N3O3. The number of fused-ring (bicyclic) bond motifs is 1. The molecule has 6 heteroatoms. The van der Waals surface area contributed by atoms with E-state index in [9.17, 15) is 4.79 Å². The Morgan fingerprint density at radius 1 is 1.26 bits per heavy atom. The monoisotopic (exact) mass is 363 g/mol. The number of oxime groups is 1. The number of amides is 1. The lowest BCUT2D eigenvalue weighted by Crippen LogP contribution is -2.28. The topological polar surface area (TPSA) is 64.8 Å². The molecule has 1 aromatic heterocycles. The van der Waals surface area contributed by atoms with Gasteiger partial charge in [-0.25, -0.2) is 0 Å². The van der Waals surface area contributed by atoms with Gasteiger partial charge >= 0.3 is 0 Å². The Labute approximate surface area is 157 Å². The molecule has 27 heavy (non-hydrogen) atoms. The van der Waals surface area contributed by atoms with E-state index in [-0.39, 0.29) is 5.91 Å². The van der Waals surface area contributed by atoms with Crippen molar-refractivity contribution in [1.82, 2.24) is 4.57 Å². The summed E-state index contributed by atoms with van der Waals surface area (Å²) in [6.07, 6.45) is 1.88. The van der Waals surface area contributed by atoms with Gasteiger partial charge in [0.25, 0.3) is 5.91 Å². The third-order valence-electron chi connectivity index (χ3n) is 4.64. The minimum atomic E-state index is -0.609. The number of rotatable bonds is 6. The second kappa shape index (κ2) is 7.63. The fourth-order valence-electron chi connectivity index (χ4n) is 3.20. The lowest BCUT2D eigenvalue weighted by molar-refractivity contribution is -0.125. The number of anilines is 1. The SMILES string of the molecule is COCCn1ccc2cc(NC(=O)[C@H]3CC(c4ccccc4)=NO3)ccc21. The van der Waals surface area contributed by atoms with E-state index in [0.29, 0.717) is 13.0 Å². The zero-order valence-electron chi connectivity index (χ0n) is 15.1. The second-order valence-corrected chi connectivity index (χ2v) is 6.47. The van der Waals surface area contributed by atoms with Crippen molar-refractivity contribution in [3.05, 3.63) is 66.4 Å². The van der Waals surface area contributed by atoms with Crippen LogP contribution in [-0.2, 0) is 20.9 Å². The van der Waals surface area contributed by atoms with Crippen LogP contribution in [0.5, 0.6) is 0 Å². The molecule has 0 bridgehead atoms. The maximum Gasteiger partial charge on any atom is 0.268 e. The van der Waals surface area contributed by atoms with Gasteiger partial charge in [-0.1, -0.05) is 35.5 Å². The van der Waals surface area contributed by atoms with Gasteiger partial charge in [-0.3, -0.25) is 4.79 Å². The van der Waals surface area contributed by atoms with Gasteiger partial charge in [0.1, 0.15) is 0 Å². The van der Waals surface area contributed by atoms with Crippen LogP contribution in [0.2, 0.25) is 0 Å². The van der Waals surface area contributed by atoms with E-state index >= 15 is 0 Å². The highest BCUT2D eigenvalue weighted by molar-refractivity contribution is 6.06. The van der Waals surface area contributed by atoms with E-state index in [1.54, 1.807) is 7.11 Å². The van der Waals surface area contributed by atoms with Crippen LogP contribution in [-0.4, -0.2) is 36.0 Å². The molecule has 1 aliphatic heterocycles. The van der Waals surface area contributed by atoms with Crippen molar-refractivity contribution < 1.29 is 14.4 Å². The summed E-state index contributed by atoms with van der Waals surface area (Å²) in [5.74, 6) is -0.192. The van der Waals surface area contributed by atoms with Gasteiger partial charge in [-0.2, -0.15) is 0 Å². The number of carbonyl (C=O) groups is 1. The maximum absolute atomic E-state index is 12.5. The van der Waals surface area contributed by atoms with Crippen LogP contribution in [0.25, 0.3) is 10.9 Å². The number of benzene rings is 2. The Kier molecular flexibility index (Phi) is 4.89. The Balaban J connectivity index is 1.41.